The second-order valence-electron chi connectivity index (χ2n) is 5.28. The number of fused-ring (bicyclic) bond motifs is 1. The third-order valence-electron chi connectivity index (χ3n) is 3.33. The number of ether oxygens (including phenoxy) is 2. The normalized spacial score (nSPS) is 11.2. The standard InChI is InChI=1S/C16H21NO5/c1-6-21-16(19)12-9(2)22-11-7-10(8-17(3)4)14(18)15(20-5)13(11)12/h7,18H,6,8H2,1-5H3. The molecule has 1 heterocycles. The molecule has 6 heteroatoms. The summed E-state index contributed by atoms with van der Waals surface area (Å²) in [5.41, 5.74) is 1.45. The van der Waals surface area contributed by atoms with Crippen LogP contribution in [0.2, 0.25) is 0 Å². The molecule has 2 aromatic rings. The first-order chi connectivity index (χ1) is 10.4. The van der Waals surface area contributed by atoms with Crippen LogP contribution in [-0.4, -0.2) is 43.8 Å². The molecule has 1 aromatic carbocycles. The zero-order valence-corrected chi connectivity index (χ0v) is 13.5. The van der Waals surface area contributed by atoms with E-state index in [1.165, 1.54) is 7.11 Å². The van der Waals surface area contributed by atoms with Gasteiger partial charge in [-0.1, -0.05) is 0 Å². The molecule has 1 N–H and O–H groups in total. The van der Waals surface area contributed by atoms with Gasteiger partial charge in [-0.3, -0.25) is 0 Å². The smallest absolute Gasteiger partial charge is 0.342 e. The number of furan rings is 1. The van der Waals surface area contributed by atoms with Crippen LogP contribution >= 0.6 is 0 Å². The summed E-state index contributed by atoms with van der Waals surface area (Å²) >= 11 is 0. The van der Waals surface area contributed by atoms with Crippen LogP contribution in [0.5, 0.6) is 11.5 Å². The Bertz CT molecular complexity index is 702. The number of rotatable bonds is 5. The average Bonchev–Trinajstić information content (AvgIpc) is 2.75. The van der Waals surface area contributed by atoms with Crippen molar-refractivity contribution in [2.75, 3.05) is 27.8 Å². The highest BCUT2D eigenvalue weighted by Crippen LogP contribution is 2.42. The summed E-state index contributed by atoms with van der Waals surface area (Å²) in [6.07, 6.45) is 0. The topological polar surface area (TPSA) is 72.1 Å². The number of hydrogen-bond acceptors (Lipinski definition) is 6. The summed E-state index contributed by atoms with van der Waals surface area (Å²) in [4.78, 5) is 14.1. The molecule has 0 fully saturated rings. The molecule has 1 aromatic heterocycles. The second kappa shape index (κ2) is 6.27. The minimum atomic E-state index is -0.489. The lowest BCUT2D eigenvalue weighted by molar-refractivity contribution is 0.0526. The molecule has 120 valence electrons. The molecule has 0 bridgehead atoms. The quantitative estimate of drug-likeness (QED) is 0.856. The minimum Gasteiger partial charge on any atom is -0.504 e. The predicted octanol–water partition coefficient (Wildman–Crippen LogP) is 2.69. The number of nitrogens with zero attached hydrogens (tertiary/aromatic N) is 1. The van der Waals surface area contributed by atoms with Gasteiger partial charge in [0.15, 0.2) is 11.5 Å². The number of aryl methyl sites for hydroxylation is 1. The number of phenolic OH excluding ortho intramolecular Hbond substituents is 1. The number of benzene rings is 1. The van der Waals surface area contributed by atoms with E-state index in [0.717, 1.165) is 0 Å². The maximum absolute atomic E-state index is 12.2. The van der Waals surface area contributed by atoms with Crippen molar-refractivity contribution in [1.82, 2.24) is 4.90 Å². The largest absolute Gasteiger partial charge is 0.504 e. The van der Waals surface area contributed by atoms with Crippen LogP contribution in [0.25, 0.3) is 11.0 Å². The molecule has 0 atom stereocenters. The molecule has 0 amide bonds. The number of hydrogen-bond donors (Lipinski definition) is 1. The molecule has 6 nitrogen and oxygen atoms in total. The first-order valence-corrected chi connectivity index (χ1v) is 7.04. The van der Waals surface area contributed by atoms with Crippen LogP contribution in [0.4, 0.5) is 0 Å². The third kappa shape index (κ3) is 2.74. The maximum Gasteiger partial charge on any atom is 0.342 e. The highest BCUT2D eigenvalue weighted by molar-refractivity contribution is 6.08. The molecule has 0 spiro atoms. The van der Waals surface area contributed by atoms with E-state index in [2.05, 4.69) is 0 Å². The second-order valence-corrected chi connectivity index (χ2v) is 5.28. The lowest BCUT2D eigenvalue weighted by Crippen LogP contribution is -2.11. The monoisotopic (exact) mass is 307 g/mol. The zero-order valence-electron chi connectivity index (χ0n) is 13.5. The van der Waals surface area contributed by atoms with Crippen LogP contribution in [0.3, 0.4) is 0 Å². The van der Waals surface area contributed by atoms with Crippen molar-refractivity contribution in [3.05, 3.63) is 23.0 Å². The maximum atomic E-state index is 12.2. The van der Waals surface area contributed by atoms with E-state index >= 15 is 0 Å². The van der Waals surface area contributed by atoms with Crippen molar-refractivity contribution < 1.29 is 23.8 Å². The summed E-state index contributed by atoms with van der Waals surface area (Å²) in [6.45, 7) is 4.21. The van der Waals surface area contributed by atoms with Crippen LogP contribution in [-0.2, 0) is 11.3 Å². The Kier molecular flexibility index (Phi) is 4.61. The highest BCUT2D eigenvalue weighted by Gasteiger charge is 2.26. The van der Waals surface area contributed by atoms with Crippen molar-refractivity contribution in [3.8, 4) is 11.5 Å². The third-order valence-corrected chi connectivity index (χ3v) is 3.33. The average molecular weight is 307 g/mol. The van der Waals surface area contributed by atoms with Crippen molar-refractivity contribution >= 4 is 16.9 Å². The van der Waals surface area contributed by atoms with E-state index < -0.39 is 5.97 Å². The molecule has 0 radical (unpaired) electrons. The Morgan fingerprint density at radius 1 is 1.41 bits per heavy atom. The summed E-state index contributed by atoms with van der Waals surface area (Å²) in [5.74, 6) is 0.189. The van der Waals surface area contributed by atoms with E-state index in [9.17, 15) is 9.90 Å². The minimum absolute atomic E-state index is 0.00930. The molecule has 0 aliphatic carbocycles. The molecular formula is C16H21NO5. The van der Waals surface area contributed by atoms with Gasteiger partial charge in [0, 0.05) is 12.1 Å². The van der Waals surface area contributed by atoms with Gasteiger partial charge in [0.25, 0.3) is 0 Å². The molecule has 0 aliphatic rings. The van der Waals surface area contributed by atoms with Gasteiger partial charge in [-0.25, -0.2) is 4.79 Å². The van der Waals surface area contributed by atoms with Crippen LogP contribution < -0.4 is 4.74 Å². The predicted molar refractivity (Wildman–Crippen MR) is 82.5 cm³/mol. The lowest BCUT2D eigenvalue weighted by Gasteiger charge is -2.14. The molecule has 2 rings (SSSR count). The Balaban J connectivity index is 2.73. The molecule has 0 saturated carbocycles. The van der Waals surface area contributed by atoms with Gasteiger partial charge in [0.05, 0.1) is 19.1 Å². The summed E-state index contributed by atoms with van der Waals surface area (Å²) in [6, 6.07) is 1.73. The number of esters is 1. The molecule has 22 heavy (non-hydrogen) atoms. The van der Waals surface area contributed by atoms with Crippen molar-refractivity contribution in [1.29, 1.82) is 0 Å². The number of methoxy groups -OCH3 is 1. The number of aromatic hydroxyl groups is 1. The fraction of sp³-hybridized carbons (Fsp3) is 0.438. The van der Waals surface area contributed by atoms with Gasteiger partial charge in [-0.05, 0) is 34.0 Å². The van der Waals surface area contributed by atoms with E-state index in [1.54, 1.807) is 19.9 Å². The molecular weight excluding hydrogens is 286 g/mol. The summed E-state index contributed by atoms with van der Waals surface area (Å²) in [7, 11) is 5.24. The van der Waals surface area contributed by atoms with E-state index in [-0.39, 0.29) is 18.1 Å². The van der Waals surface area contributed by atoms with Gasteiger partial charge in [0.1, 0.15) is 16.9 Å². The Morgan fingerprint density at radius 2 is 2.09 bits per heavy atom. The zero-order chi connectivity index (χ0) is 16.4. The fourth-order valence-corrected chi connectivity index (χ4v) is 2.49. The lowest BCUT2D eigenvalue weighted by atomic mass is 10.1. The molecule has 0 unspecified atom stereocenters. The van der Waals surface area contributed by atoms with Crippen LogP contribution in [0.15, 0.2) is 10.5 Å². The van der Waals surface area contributed by atoms with Crippen molar-refractivity contribution in [2.24, 2.45) is 0 Å². The fourth-order valence-electron chi connectivity index (χ4n) is 2.49. The van der Waals surface area contributed by atoms with Crippen LogP contribution in [0.1, 0.15) is 28.6 Å². The Hall–Kier alpha value is -2.21. The van der Waals surface area contributed by atoms with Crippen molar-refractivity contribution in [2.45, 2.75) is 20.4 Å². The Morgan fingerprint density at radius 3 is 2.64 bits per heavy atom. The molecule has 0 saturated heterocycles. The summed E-state index contributed by atoms with van der Waals surface area (Å²) in [5, 5.41) is 10.9. The van der Waals surface area contributed by atoms with Gasteiger partial charge in [0.2, 0.25) is 0 Å². The number of carbonyl (C=O) groups excluding carboxylic acids is 1. The first kappa shape index (κ1) is 16.2. The first-order valence-electron chi connectivity index (χ1n) is 7.04. The number of carbonyl (C=O) groups is 1. The van der Waals surface area contributed by atoms with E-state index in [4.69, 9.17) is 13.9 Å². The number of phenols is 1. The van der Waals surface area contributed by atoms with E-state index in [0.29, 0.717) is 34.4 Å². The SMILES string of the molecule is CCOC(=O)c1c(C)oc2cc(CN(C)C)c(O)c(OC)c12. The van der Waals surface area contributed by atoms with Gasteiger partial charge >= 0.3 is 5.97 Å². The van der Waals surface area contributed by atoms with Gasteiger partial charge in [-0.2, -0.15) is 0 Å². The van der Waals surface area contributed by atoms with Gasteiger partial charge in [-0.15, -0.1) is 0 Å². The van der Waals surface area contributed by atoms with Crippen LogP contribution in [0, 0.1) is 6.92 Å². The van der Waals surface area contributed by atoms with Crippen molar-refractivity contribution in [3.63, 3.8) is 0 Å². The highest BCUT2D eigenvalue weighted by atomic mass is 16.5. The molecule has 0 aliphatic heterocycles. The van der Waals surface area contributed by atoms with E-state index in [1.807, 2.05) is 19.0 Å². The Labute approximate surface area is 129 Å². The van der Waals surface area contributed by atoms with Gasteiger partial charge < -0.3 is 23.9 Å². The summed E-state index contributed by atoms with van der Waals surface area (Å²) < 4.78 is 16.1.